The molecule has 10 nitrogen and oxygen atoms in total. The van der Waals surface area contributed by atoms with Crippen molar-refractivity contribution in [2.24, 2.45) is 5.92 Å². The minimum absolute atomic E-state index is 0.0243. The molecule has 1 aromatic carbocycles. The van der Waals surface area contributed by atoms with E-state index in [1.54, 1.807) is 12.1 Å². The largest absolute Gasteiger partial charge is 0.434 e. The van der Waals surface area contributed by atoms with Crippen molar-refractivity contribution in [1.29, 1.82) is 5.26 Å². The van der Waals surface area contributed by atoms with Gasteiger partial charge in [0.2, 0.25) is 11.6 Å². The third-order valence-corrected chi connectivity index (χ3v) is 5.77. The Labute approximate surface area is 190 Å². The summed E-state index contributed by atoms with van der Waals surface area (Å²) >= 11 is 12.6. The van der Waals surface area contributed by atoms with Gasteiger partial charge < -0.3 is 4.74 Å². The van der Waals surface area contributed by atoms with Gasteiger partial charge >= 0.3 is 5.69 Å². The molecule has 32 heavy (non-hydrogen) atoms. The molecule has 0 atom stereocenters. The lowest BCUT2D eigenvalue weighted by Gasteiger charge is -2.12. The molecule has 1 aliphatic rings. The number of hydrogen-bond acceptors (Lipinski definition) is 7. The lowest BCUT2D eigenvalue weighted by Crippen LogP contribution is -2.33. The summed E-state index contributed by atoms with van der Waals surface area (Å²) in [7, 11) is 0. The Morgan fingerprint density at radius 1 is 1.12 bits per heavy atom. The van der Waals surface area contributed by atoms with Gasteiger partial charge in [0.05, 0.1) is 15.7 Å². The third kappa shape index (κ3) is 4.44. The van der Waals surface area contributed by atoms with E-state index < -0.39 is 16.9 Å². The molecule has 164 valence electrons. The van der Waals surface area contributed by atoms with Crippen LogP contribution in [0.5, 0.6) is 11.6 Å². The van der Waals surface area contributed by atoms with Gasteiger partial charge in [-0.05, 0) is 24.5 Å². The fourth-order valence-electron chi connectivity index (χ4n) is 3.67. The number of aromatic nitrogens is 5. The monoisotopic (exact) mass is 474 g/mol. The summed E-state index contributed by atoms with van der Waals surface area (Å²) in [5.41, 5.74) is -1.85. The number of ether oxygens (including phenoxy) is 1. The fourth-order valence-corrected chi connectivity index (χ4v) is 4.23. The molecule has 2 heterocycles. The molecule has 0 spiro atoms. The van der Waals surface area contributed by atoms with Gasteiger partial charge in [0.25, 0.3) is 11.1 Å². The van der Waals surface area contributed by atoms with Gasteiger partial charge in [-0.15, -0.1) is 10.2 Å². The van der Waals surface area contributed by atoms with E-state index in [9.17, 15) is 14.4 Å². The highest BCUT2D eigenvalue weighted by molar-refractivity contribution is 6.37. The van der Waals surface area contributed by atoms with Crippen LogP contribution in [0.25, 0.3) is 5.69 Å². The van der Waals surface area contributed by atoms with Gasteiger partial charge in [0.15, 0.2) is 5.75 Å². The Balaban J connectivity index is 1.65. The number of aromatic amines is 2. The highest BCUT2D eigenvalue weighted by atomic mass is 35.5. The van der Waals surface area contributed by atoms with Crippen molar-refractivity contribution in [3.05, 3.63) is 70.7 Å². The van der Waals surface area contributed by atoms with Crippen LogP contribution in [0.4, 0.5) is 0 Å². The number of nitrogens with one attached hydrogen (secondary N) is 2. The zero-order chi connectivity index (χ0) is 22.8. The van der Waals surface area contributed by atoms with Crippen LogP contribution in [0.15, 0.2) is 32.6 Å². The minimum Gasteiger partial charge on any atom is -0.434 e. The van der Waals surface area contributed by atoms with E-state index >= 15 is 0 Å². The van der Waals surface area contributed by atoms with Gasteiger partial charge in [-0.2, -0.15) is 9.94 Å². The summed E-state index contributed by atoms with van der Waals surface area (Å²) in [5.74, 6) is 0.626. The molecule has 0 radical (unpaired) electrons. The van der Waals surface area contributed by atoms with E-state index in [4.69, 9.17) is 33.2 Å². The summed E-state index contributed by atoms with van der Waals surface area (Å²) in [6.07, 6.45) is 5.14. The van der Waals surface area contributed by atoms with Crippen molar-refractivity contribution in [2.45, 2.75) is 32.1 Å². The number of hydrogen-bond donors (Lipinski definition) is 2. The van der Waals surface area contributed by atoms with Crippen molar-refractivity contribution < 1.29 is 4.74 Å². The second kappa shape index (κ2) is 8.98. The molecule has 3 aromatic rings. The van der Waals surface area contributed by atoms with Gasteiger partial charge in [-0.3, -0.25) is 14.6 Å². The van der Waals surface area contributed by atoms with E-state index in [0.717, 1.165) is 30.4 Å². The Bertz CT molecular complexity index is 1380. The first-order chi connectivity index (χ1) is 15.4. The molecule has 2 N–H and O–H groups in total. The molecule has 0 amide bonds. The van der Waals surface area contributed by atoms with Crippen molar-refractivity contribution in [3.63, 3.8) is 0 Å². The summed E-state index contributed by atoms with van der Waals surface area (Å²) in [6.45, 7) is 0. The zero-order valence-electron chi connectivity index (χ0n) is 16.5. The highest BCUT2D eigenvalue weighted by Crippen LogP contribution is 2.37. The van der Waals surface area contributed by atoms with Gasteiger partial charge in [-0.1, -0.05) is 48.9 Å². The lowest BCUT2D eigenvalue weighted by molar-refractivity contribution is 0.451. The molecule has 12 heteroatoms. The molecule has 1 saturated carbocycles. The van der Waals surface area contributed by atoms with Crippen molar-refractivity contribution in [1.82, 2.24) is 25.0 Å². The van der Waals surface area contributed by atoms with Crippen molar-refractivity contribution >= 4 is 23.2 Å². The predicted octanol–water partition coefficient (Wildman–Crippen LogP) is 2.71. The number of nitriles is 1. The number of halogens is 2. The average molecular weight is 475 g/mol. The van der Waals surface area contributed by atoms with E-state index in [1.165, 1.54) is 12.1 Å². The normalized spacial score (nSPS) is 13.8. The zero-order valence-corrected chi connectivity index (χ0v) is 18.0. The second-order valence-corrected chi connectivity index (χ2v) is 8.20. The topological polar surface area (TPSA) is 147 Å². The van der Waals surface area contributed by atoms with Gasteiger partial charge in [0, 0.05) is 11.6 Å². The number of nitrogens with zero attached hydrogens (tertiary/aromatic N) is 4. The minimum atomic E-state index is -0.900. The summed E-state index contributed by atoms with van der Waals surface area (Å²) in [4.78, 5) is 37.8. The molecule has 1 fully saturated rings. The molecule has 2 aromatic heterocycles. The quantitative estimate of drug-likeness (QED) is 0.577. The Hall–Kier alpha value is -3.42. The van der Waals surface area contributed by atoms with Crippen LogP contribution >= 0.6 is 23.2 Å². The molecule has 0 unspecified atom stereocenters. The van der Waals surface area contributed by atoms with Crippen LogP contribution in [0.1, 0.15) is 36.9 Å². The van der Waals surface area contributed by atoms with Crippen LogP contribution in [0, 0.1) is 17.2 Å². The highest BCUT2D eigenvalue weighted by Gasteiger charge is 2.19. The van der Waals surface area contributed by atoms with E-state index in [1.807, 2.05) is 4.98 Å². The van der Waals surface area contributed by atoms with E-state index in [2.05, 4.69) is 15.3 Å². The lowest BCUT2D eigenvalue weighted by atomic mass is 9.99. The molecular formula is C20H16Cl2N6O4. The molecule has 4 rings (SSSR count). The Kier molecular flexibility index (Phi) is 6.12. The Morgan fingerprint density at radius 2 is 1.81 bits per heavy atom. The van der Waals surface area contributed by atoms with Crippen molar-refractivity contribution in [2.75, 3.05) is 0 Å². The van der Waals surface area contributed by atoms with Crippen LogP contribution in [-0.2, 0) is 6.42 Å². The third-order valence-electron chi connectivity index (χ3n) is 5.21. The first kappa shape index (κ1) is 21.8. The molecule has 0 saturated heterocycles. The summed E-state index contributed by atoms with van der Waals surface area (Å²) < 4.78 is 6.51. The van der Waals surface area contributed by atoms with Crippen molar-refractivity contribution in [3.8, 4) is 23.4 Å². The number of benzene rings is 1. The van der Waals surface area contributed by atoms with E-state index in [0.29, 0.717) is 17.9 Å². The fraction of sp³-hybridized carbons (Fsp3) is 0.300. The van der Waals surface area contributed by atoms with Crippen LogP contribution < -0.4 is 21.5 Å². The number of rotatable bonds is 5. The molecule has 0 aliphatic heterocycles. The maximum Gasteiger partial charge on any atom is 0.349 e. The predicted molar refractivity (Wildman–Crippen MR) is 116 cm³/mol. The molecular weight excluding hydrogens is 459 g/mol. The summed E-state index contributed by atoms with van der Waals surface area (Å²) in [5, 5.41) is 19.1. The van der Waals surface area contributed by atoms with Crippen LogP contribution in [0.2, 0.25) is 10.0 Å². The maximum atomic E-state index is 12.1. The first-order valence-corrected chi connectivity index (χ1v) is 10.5. The smallest absolute Gasteiger partial charge is 0.349 e. The van der Waals surface area contributed by atoms with E-state index in [-0.39, 0.29) is 32.9 Å². The van der Waals surface area contributed by atoms with Gasteiger partial charge in [0.1, 0.15) is 6.07 Å². The van der Waals surface area contributed by atoms with Crippen LogP contribution in [-0.4, -0.2) is 25.0 Å². The summed E-state index contributed by atoms with van der Waals surface area (Å²) in [6, 6.07) is 5.83. The second-order valence-electron chi connectivity index (χ2n) is 7.39. The molecule has 0 bridgehead atoms. The maximum absolute atomic E-state index is 12.1. The van der Waals surface area contributed by atoms with Crippen LogP contribution in [0.3, 0.4) is 0 Å². The first-order valence-electron chi connectivity index (χ1n) is 9.75. The molecule has 1 aliphatic carbocycles. The standard InChI is InChI=1S/C20H16Cl2N6O4/c21-13-7-12(28-20(31)24-19(30)15(9-23)27-28)8-14(22)17(13)32-16-6-11(18(29)26-25-16)5-10-3-1-2-4-10/h6-8,10H,1-5H2,(H,26,29)(H,24,30,31). The SMILES string of the molecule is N#Cc1nn(-c2cc(Cl)c(Oc3cc(CC4CCCC4)c(=O)[nH]n3)c(Cl)c2)c(=O)[nH]c1=O. The Morgan fingerprint density at radius 3 is 2.47 bits per heavy atom. The average Bonchev–Trinajstić information content (AvgIpc) is 3.26. The van der Waals surface area contributed by atoms with Gasteiger partial charge in [-0.25, -0.2) is 9.89 Å². The number of H-pyrrole nitrogens is 2.